The number of esters is 1. The van der Waals surface area contributed by atoms with Crippen molar-refractivity contribution in [1.82, 2.24) is 10.3 Å². The Bertz CT molecular complexity index is 1020. The molecule has 5 heteroatoms. The summed E-state index contributed by atoms with van der Waals surface area (Å²) in [5.41, 5.74) is 3.43. The molecule has 29 heavy (non-hydrogen) atoms. The fraction of sp³-hybridized carbons (Fsp3) is 0.292. The molecule has 1 amide bonds. The molecule has 5 nitrogen and oxygen atoms in total. The van der Waals surface area contributed by atoms with Gasteiger partial charge in [-0.05, 0) is 28.7 Å². The number of carbonyl (C=O) groups excluding carboxylic acids is 2. The maximum absolute atomic E-state index is 12.7. The number of pyridine rings is 1. The maximum atomic E-state index is 12.7. The van der Waals surface area contributed by atoms with Gasteiger partial charge in [-0.1, -0.05) is 63.2 Å². The standard InChI is InChI=1S/C24H26N2O3/c1-24(2,3)19-11-9-16(10-12-19)13-21(23(28)29-4)26-22(27)18-14-17-7-5-6-8-20(17)25-15-18/h5-12,14-15,21H,13H2,1-4H3,(H,26,27)/t21-/m0/s1. The van der Waals surface area contributed by atoms with Crippen molar-refractivity contribution < 1.29 is 14.3 Å². The van der Waals surface area contributed by atoms with Crippen LogP contribution in [0.5, 0.6) is 0 Å². The average molecular weight is 390 g/mol. The Morgan fingerprint density at radius 1 is 1.07 bits per heavy atom. The zero-order valence-corrected chi connectivity index (χ0v) is 17.2. The molecule has 0 fully saturated rings. The van der Waals surface area contributed by atoms with E-state index in [1.165, 1.54) is 18.9 Å². The van der Waals surface area contributed by atoms with Gasteiger partial charge in [0.05, 0.1) is 18.2 Å². The summed E-state index contributed by atoms with van der Waals surface area (Å²) in [4.78, 5) is 29.3. The van der Waals surface area contributed by atoms with Crippen LogP contribution in [0.1, 0.15) is 42.3 Å². The average Bonchev–Trinajstić information content (AvgIpc) is 2.72. The van der Waals surface area contributed by atoms with E-state index in [0.29, 0.717) is 12.0 Å². The van der Waals surface area contributed by atoms with E-state index in [2.05, 4.69) is 43.2 Å². The molecule has 0 aliphatic rings. The lowest BCUT2D eigenvalue weighted by molar-refractivity contribution is -0.142. The van der Waals surface area contributed by atoms with E-state index in [-0.39, 0.29) is 11.3 Å². The van der Waals surface area contributed by atoms with Gasteiger partial charge in [0.2, 0.25) is 0 Å². The molecule has 2 aromatic carbocycles. The van der Waals surface area contributed by atoms with E-state index >= 15 is 0 Å². The van der Waals surface area contributed by atoms with E-state index in [1.54, 1.807) is 6.07 Å². The van der Waals surface area contributed by atoms with Gasteiger partial charge in [-0.2, -0.15) is 0 Å². The number of hydrogen-bond donors (Lipinski definition) is 1. The van der Waals surface area contributed by atoms with Crippen LogP contribution in [-0.4, -0.2) is 30.0 Å². The fourth-order valence-corrected chi connectivity index (χ4v) is 3.15. The lowest BCUT2D eigenvalue weighted by Crippen LogP contribution is -2.43. The second-order valence-corrected chi connectivity index (χ2v) is 8.12. The Hall–Kier alpha value is -3.21. The second-order valence-electron chi connectivity index (χ2n) is 8.12. The summed E-state index contributed by atoms with van der Waals surface area (Å²) in [6, 6.07) is 16.6. The molecule has 1 heterocycles. The van der Waals surface area contributed by atoms with Crippen molar-refractivity contribution in [3.8, 4) is 0 Å². The van der Waals surface area contributed by atoms with Gasteiger partial charge in [-0.15, -0.1) is 0 Å². The van der Waals surface area contributed by atoms with Crippen molar-refractivity contribution in [3.05, 3.63) is 77.5 Å². The third-order valence-electron chi connectivity index (χ3n) is 4.90. The van der Waals surface area contributed by atoms with Crippen LogP contribution < -0.4 is 5.32 Å². The van der Waals surface area contributed by atoms with Crippen LogP contribution in [0.3, 0.4) is 0 Å². The number of benzene rings is 2. The monoisotopic (exact) mass is 390 g/mol. The van der Waals surface area contributed by atoms with Gasteiger partial charge < -0.3 is 10.1 Å². The summed E-state index contributed by atoms with van der Waals surface area (Å²) in [5, 5.41) is 3.66. The Kier molecular flexibility index (Phi) is 5.97. The van der Waals surface area contributed by atoms with Crippen molar-refractivity contribution in [2.24, 2.45) is 0 Å². The number of nitrogens with zero attached hydrogens (tertiary/aromatic N) is 1. The third-order valence-corrected chi connectivity index (χ3v) is 4.90. The minimum absolute atomic E-state index is 0.0532. The molecule has 0 saturated heterocycles. The van der Waals surface area contributed by atoms with E-state index in [4.69, 9.17) is 4.74 Å². The largest absolute Gasteiger partial charge is 0.467 e. The summed E-state index contributed by atoms with van der Waals surface area (Å²) >= 11 is 0. The third kappa shape index (κ3) is 4.99. The van der Waals surface area contributed by atoms with Gasteiger partial charge in [0.25, 0.3) is 5.91 Å². The zero-order valence-electron chi connectivity index (χ0n) is 17.2. The summed E-state index contributed by atoms with van der Waals surface area (Å²) in [7, 11) is 1.32. The molecule has 0 radical (unpaired) electrons. The molecule has 0 spiro atoms. The lowest BCUT2D eigenvalue weighted by Gasteiger charge is -2.20. The minimum atomic E-state index is -0.778. The number of aromatic nitrogens is 1. The molecular formula is C24H26N2O3. The zero-order chi connectivity index (χ0) is 21.0. The number of hydrogen-bond acceptors (Lipinski definition) is 4. The van der Waals surface area contributed by atoms with Crippen molar-refractivity contribution in [2.75, 3.05) is 7.11 Å². The molecule has 150 valence electrons. The molecule has 0 unspecified atom stereocenters. The molecular weight excluding hydrogens is 364 g/mol. The number of para-hydroxylation sites is 1. The molecule has 3 rings (SSSR count). The van der Waals surface area contributed by atoms with Crippen molar-refractivity contribution in [1.29, 1.82) is 0 Å². The number of nitrogens with one attached hydrogen (secondary N) is 1. The van der Waals surface area contributed by atoms with Gasteiger partial charge in [0, 0.05) is 18.0 Å². The number of ether oxygens (including phenoxy) is 1. The summed E-state index contributed by atoms with van der Waals surface area (Å²) in [6.45, 7) is 6.45. The highest BCUT2D eigenvalue weighted by atomic mass is 16.5. The first-order valence-corrected chi connectivity index (χ1v) is 9.61. The molecule has 3 aromatic rings. The molecule has 1 aromatic heterocycles. The fourth-order valence-electron chi connectivity index (χ4n) is 3.15. The highest BCUT2D eigenvalue weighted by Gasteiger charge is 2.23. The number of methoxy groups -OCH3 is 1. The van der Waals surface area contributed by atoms with E-state index in [9.17, 15) is 9.59 Å². The highest BCUT2D eigenvalue weighted by molar-refractivity contribution is 5.99. The molecule has 0 bridgehead atoms. The second kappa shape index (κ2) is 8.43. The van der Waals surface area contributed by atoms with Gasteiger partial charge in [-0.3, -0.25) is 9.78 Å². The summed E-state index contributed by atoms with van der Waals surface area (Å²) in [5.74, 6) is -0.836. The van der Waals surface area contributed by atoms with E-state index < -0.39 is 12.0 Å². The van der Waals surface area contributed by atoms with Crippen LogP contribution in [0.15, 0.2) is 60.8 Å². The predicted octanol–water partition coefficient (Wildman–Crippen LogP) is 4.05. The van der Waals surface area contributed by atoms with Crippen molar-refractivity contribution >= 4 is 22.8 Å². The van der Waals surface area contributed by atoms with E-state index in [1.807, 2.05) is 36.4 Å². The van der Waals surface area contributed by atoms with Crippen LogP contribution in [-0.2, 0) is 21.4 Å². The van der Waals surface area contributed by atoms with Crippen molar-refractivity contribution in [3.63, 3.8) is 0 Å². The van der Waals surface area contributed by atoms with Gasteiger partial charge in [-0.25, -0.2) is 4.79 Å². The lowest BCUT2D eigenvalue weighted by atomic mass is 9.86. The molecule has 1 atom stereocenters. The smallest absolute Gasteiger partial charge is 0.328 e. The maximum Gasteiger partial charge on any atom is 0.328 e. The summed E-state index contributed by atoms with van der Waals surface area (Å²) in [6.07, 6.45) is 1.87. The molecule has 0 aliphatic carbocycles. The Labute approximate surface area is 171 Å². The van der Waals surface area contributed by atoms with E-state index in [0.717, 1.165) is 16.5 Å². The Morgan fingerprint density at radius 2 is 1.76 bits per heavy atom. The van der Waals surface area contributed by atoms with Crippen LogP contribution in [0.4, 0.5) is 0 Å². The SMILES string of the molecule is COC(=O)[C@H](Cc1ccc(C(C)(C)C)cc1)NC(=O)c1cnc2ccccc2c1. The molecule has 1 N–H and O–H groups in total. The molecule has 0 saturated carbocycles. The van der Waals surface area contributed by atoms with Crippen LogP contribution in [0.2, 0.25) is 0 Å². The quantitative estimate of drug-likeness (QED) is 0.668. The number of amides is 1. The van der Waals surface area contributed by atoms with Gasteiger partial charge in [0.1, 0.15) is 6.04 Å². The number of rotatable bonds is 5. The first-order chi connectivity index (χ1) is 13.8. The van der Waals surface area contributed by atoms with Gasteiger partial charge >= 0.3 is 5.97 Å². The first-order valence-electron chi connectivity index (χ1n) is 9.61. The minimum Gasteiger partial charge on any atom is -0.467 e. The number of fused-ring (bicyclic) bond motifs is 1. The first kappa shape index (κ1) is 20.5. The topological polar surface area (TPSA) is 68.3 Å². The normalized spacial score (nSPS) is 12.4. The molecule has 0 aliphatic heterocycles. The number of carbonyl (C=O) groups is 2. The predicted molar refractivity (Wildman–Crippen MR) is 114 cm³/mol. The van der Waals surface area contributed by atoms with Gasteiger partial charge in [0.15, 0.2) is 0 Å². The Morgan fingerprint density at radius 3 is 2.41 bits per heavy atom. The van der Waals surface area contributed by atoms with Crippen LogP contribution in [0, 0.1) is 0 Å². The Balaban J connectivity index is 1.77. The van der Waals surface area contributed by atoms with Crippen molar-refractivity contribution in [2.45, 2.75) is 38.6 Å². The summed E-state index contributed by atoms with van der Waals surface area (Å²) < 4.78 is 4.90. The highest BCUT2D eigenvalue weighted by Crippen LogP contribution is 2.22. The van der Waals surface area contributed by atoms with Crippen LogP contribution >= 0.6 is 0 Å². The van der Waals surface area contributed by atoms with Crippen LogP contribution in [0.25, 0.3) is 10.9 Å².